The van der Waals surface area contributed by atoms with E-state index in [1.54, 1.807) is 0 Å². The zero-order valence-corrected chi connectivity index (χ0v) is 36.4. The molecule has 2 aromatic heterocycles. The zero-order valence-electron chi connectivity index (χ0n) is 36.4. The van der Waals surface area contributed by atoms with Gasteiger partial charge in [-0.1, -0.05) is 144 Å². The normalized spacial score (nSPS) is 15.5. The lowest BCUT2D eigenvalue weighted by atomic mass is 9.65. The fourth-order valence-corrected chi connectivity index (χ4v) is 10.5. The van der Waals surface area contributed by atoms with Gasteiger partial charge in [0.2, 0.25) is 5.69 Å². The fraction of sp³-hybridized carbons (Fsp3) is 0.172. The van der Waals surface area contributed by atoms with Crippen LogP contribution in [0.15, 0.2) is 170 Å². The van der Waals surface area contributed by atoms with Gasteiger partial charge in [0.15, 0.2) is 23.0 Å². The molecule has 0 bridgehead atoms. The molecule has 0 aliphatic carbocycles. The summed E-state index contributed by atoms with van der Waals surface area (Å²) in [7, 11) is 0. The summed E-state index contributed by atoms with van der Waals surface area (Å²) in [5, 5.41) is 0. The molecule has 0 radical (unpaired) electrons. The monoisotopic (exact) mass is 803 g/mol. The summed E-state index contributed by atoms with van der Waals surface area (Å²) in [5.41, 5.74) is 21.1. The van der Waals surface area contributed by atoms with Gasteiger partial charge in [0, 0.05) is 28.8 Å². The second-order valence-electron chi connectivity index (χ2n) is 19.2. The Balaban J connectivity index is 1.26. The van der Waals surface area contributed by atoms with Crippen LogP contribution in [0.5, 0.6) is 5.75 Å². The van der Waals surface area contributed by atoms with E-state index in [9.17, 15) is 0 Å². The molecule has 5 heterocycles. The summed E-state index contributed by atoms with van der Waals surface area (Å²) in [6.45, 7) is 16.2. The highest BCUT2D eigenvalue weighted by Crippen LogP contribution is 2.55. The standard InChI is InChI=1S/C58H49N3O/c1-36-30-37(2)54-48(31-36)55-60(49-27-26-43(57(6,7)56(3,4)5)35-45(49)40-22-15-10-16-23-40)50-25-17-24-44-46-32-42(39-20-13-9-14-21-39)33-47-51-34-41(38-18-11-8-12-19-38)28-29-59(51)58(62-54,52(46)47)61(55)53(44)50/h8-35H,1-7H3/q+2. The quantitative estimate of drug-likeness (QED) is 0.159. The Labute approximate surface area is 364 Å². The third-order valence-corrected chi connectivity index (χ3v) is 14.6. The number of fused-ring (bicyclic) bond motifs is 5. The summed E-state index contributed by atoms with van der Waals surface area (Å²) in [5.74, 6) is 0.967. The van der Waals surface area contributed by atoms with E-state index in [2.05, 4.69) is 232 Å². The van der Waals surface area contributed by atoms with E-state index < -0.39 is 5.85 Å². The number of benzene rings is 7. The molecule has 1 atom stereocenters. The number of ether oxygens (including phenoxy) is 1. The predicted molar refractivity (Wildman–Crippen MR) is 251 cm³/mol. The summed E-state index contributed by atoms with van der Waals surface area (Å²) in [6, 6.07) is 60.6. The average Bonchev–Trinajstić information content (AvgIpc) is 3.78. The number of aryl methyl sites for hydroxylation is 2. The van der Waals surface area contributed by atoms with Crippen LogP contribution < -0.4 is 13.9 Å². The lowest BCUT2D eigenvalue weighted by molar-refractivity contribution is -0.997. The smallest absolute Gasteiger partial charge is 0.392 e. The van der Waals surface area contributed by atoms with E-state index in [0.29, 0.717) is 0 Å². The van der Waals surface area contributed by atoms with Crippen LogP contribution >= 0.6 is 0 Å². The fourth-order valence-electron chi connectivity index (χ4n) is 10.5. The van der Waals surface area contributed by atoms with Crippen molar-refractivity contribution >= 4 is 11.0 Å². The van der Waals surface area contributed by atoms with Crippen LogP contribution in [0.3, 0.4) is 0 Å². The van der Waals surface area contributed by atoms with Crippen LogP contribution in [-0.2, 0) is 11.3 Å². The van der Waals surface area contributed by atoms with Gasteiger partial charge in [0.25, 0.3) is 0 Å². The van der Waals surface area contributed by atoms with Gasteiger partial charge in [-0.3, -0.25) is 0 Å². The van der Waals surface area contributed by atoms with E-state index in [1.807, 2.05) is 0 Å². The van der Waals surface area contributed by atoms with Crippen molar-refractivity contribution in [3.05, 3.63) is 192 Å². The molecule has 62 heavy (non-hydrogen) atoms. The second-order valence-corrected chi connectivity index (χ2v) is 19.2. The van der Waals surface area contributed by atoms with Crippen LogP contribution in [-0.4, -0.2) is 4.57 Å². The summed E-state index contributed by atoms with van der Waals surface area (Å²) in [4.78, 5) is 0. The molecule has 4 nitrogen and oxygen atoms in total. The third-order valence-electron chi connectivity index (χ3n) is 14.6. The molecule has 300 valence electrons. The first-order valence-electron chi connectivity index (χ1n) is 21.9. The highest BCUT2D eigenvalue weighted by molar-refractivity contribution is 5.99. The number of para-hydroxylation sites is 1. The van der Waals surface area contributed by atoms with Crippen LogP contribution in [0.1, 0.15) is 56.9 Å². The lowest BCUT2D eigenvalue weighted by Crippen LogP contribution is -2.78. The Hall–Kier alpha value is -7.04. The first kappa shape index (κ1) is 36.8. The van der Waals surface area contributed by atoms with Crippen molar-refractivity contribution in [2.45, 2.75) is 59.7 Å². The number of pyridine rings is 1. The second kappa shape index (κ2) is 12.7. The molecule has 0 saturated heterocycles. The Morgan fingerprint density at radius 2 is 1.19 bits per heavy atom. The van der Waals surface area contributed by atoms with Crippen molar-refractivity contribution in [1.82, 2.24) is 4.57 Å². The Bertz CT molecular complexity index is 3340. The maximum atomic E-state index is 7.86. The minimum Gasteiger partial charge on any atom is -0.392 e. The number of imidazole rings is 1. The predicted octanol–water partition coefficient (Wildman–Crippen LogP) is 13.4. The van der Waals surface area contributed by atoms with Crippen molar-refractivity contribution in [3.8, 4) is 78.6 Å². The number of hydrogen-bond donors (Lipinski definition) is 0. The van der Waals surface area contributed by atoms with Crippen molar-refractivity contribution in [2.75, 3.05) is 0 Å². The highest BCUT2D eigenvalue weighted by atomic mass is 16.5. The van der Waals surface area contributed by atoms with Crippen LogP contribution in [0.4, 0.5) is 0 Å². The molecule has 0 fully saturated rings. The van der Waals surface area contributed by atoms with E-state index in [4.69, 9.17) is 4.74 Å². The zero-order chi connectivity index (χ0) is 42.3. The van der Waals surface area contributed by atoms with Gasteiger partial charge in [0.1, 0.15) is 16.8 Å². The topological polar surface area (TPSA) is 21.9 Å². The first-order valence-corrected chi connectivity index (χ1v) is 21.9. The number of hydrogen-bond acceptors (Lipinski definition) is 1. The molecule has 3 aliphatic heterocycles. The molecule has 4 heteroatoms. The molecule has 1 unspecified atom stereocenters. The van der Waals surface area contributed by atoms with Gasteiger partial charge < -0.3 is 4.74 Å². The Kier molecular flexibility index (Phi) is 7.56. The lowest BCUT2D eigenvalue weighted by Gasteiger charge is -2.39. The number of nitrogens with zero attached hydrogens (tertiary/aromatic N) is 3. The van der Waals surface area contributed by atoms with Gasteiger partial charge in [0.05, 0.1) is 5.56 Å². The average molecular weight is 804 g/mol. The summed E-state index contributed by atoms with van der Waals surface area (Å²) in [6.07, 6.45) is 2.27. The molecule has 7 aromatic carbocycles. The van der Waals surface area contributed by atoms with Gasteiger partial charge in [-0.15, -0.1) is 9.13 Å². The van der Waals surface area contributed by atoms with Crippen molar-refractivity contribution in [1.29, 1.82) is 0 Å². The van der Waals surface area contributed by atoms with Gasteiger partial charge in [-0.2, -0.15) is 4.57 Å². The van der Waals surface area contributed by atoms with Crippen molar-refractivity contribution in [3.63, 3.8) is 0 Å². The van der Waals surface area contributed by atoms with Gasteiger partial charge in [-0.25, -0.2) is 0 Å². The molecule has 0 N–H and O–H groups in total. The summed E-state index contributed by atoms with van der Waals surface area (Å²) < 4.78 is 15.4. The summed E-state index contributed by atoms with van der Waals surface area (Å²) >= 11 is 0. The van der Waals surface area contributed by atoms with Gasteiger partial charge in [-0.05, 0) is 112 Å². The van der Waals surface area contributed by atoms with Crippen molar-refractivity contribution in [2.24, 2.45) is 5.41 Å². The first-order chi connectivity index (χ1) is 30.0. The molecule has 3 aliphatic rings. The van der Waals surface area contributed by atoms with E-state index in [-0.39, 0.29) is 10.8 Å². The molecule has 0 saturated carbocycles. The maximum absolute atomic E-state index is 7.86. The Morgan fingerprint density at radius 3 is 1.89 bits per heavy atom. The minimum absolute atomic E-state index is 0.0402. The van der Waals surface area contributed by atoms with E-state index in [1.165, 1.54) is 66.8 Å². The van der Waals surface area contributed by atoms with Gasteiger partial charge >= 0.3 is 11.7 Å². The molecular weight excluding hydrogens is 755 g/mol. The van der Waals surface area contributed by atoms with Crippen molar-refractivity contribution < 1.29 is 13.9 Å². The maximum Gasteiger partial charge on any atom is 0.499 e. The van der Waals surface area contributed by atoms with Crippen LogP contribution in [0.2, 0.25) is 0 Å². The highest BCUT2D eigenvalue weighted by Gasteiger charge is 2.68. The van der Waals surface area contributed by atoms with E-state index >= 15 is 0 Å². The molecule has 9 aromatic rings. The van der Waals surface area contributed by atoms with Crippen LogP contribution in [0, 0.1) is 19.3 Å². The molecule has 12 rings (SSSR count). The largest absolute Gasteiger partial charge is 0.499 e. The number of aromatic nitrogens is 3. The third kappa shape index (κ3) is 4.89. The minimum atomic E-state index is -1.05. The Morgan fingerprint density at radius 1 is 0.532 bits per heavy atom. The molecule has 1 spiro atoms. The van der Waals surface area contributed by atoms with Crippen LogP contribution in [0.25, 0.3) is 83.9 Å². The van der Waals surface area contributed by atoms with E-state index in [0.717, 1.165) is 45.1 Å². The number of rotatable bonds is 5. The molecule has 0 amide bonds. The SMILES string of the molecule is Cc1cc(C)c2c(c1)-c1n(-c3ccc(C(C)(C)C(C)(C)C)cc3-c3ccccc3)c3cccc4c3[n+]1C1(O2)c2c-4cc(-c3ccccc3)cc2-c2cc(-c3ccccc3)cc[n+]21. The molecular formula is C58H49N3O+2.